The van der Waals surface area contributed by atoms with Crippen LogP contribution in [0.4, 0.5) is 4.39 Å². The Balaban J connectivity index is 2.50. The van der Waals surface area contributed by atoms with Gasteiger partial charge in [-0.1, -0.05) is 12.1 Å². The molecule has 0 aliphatic heterocycles. The predicted molar refractivity (Wildman–Crippen MR) is 76.5 cm³/mol. The molecule has 0 aliphatic rings. The van der Waals surface area contributed by atoms with Crippen molar-refractivity contribution in [3.8, 4) is 6.07 Å². The third kappa shape index (κ3) is 5.12. The second-order valence-electron chi connectivity index (χ2n) is 5.38. The van der Waals surface area contributed by atoms with Crippen LogP contribution in [0.5, 0.6) is 0 Å². The van der Waals surface area contributed by atoms with E-state index < -0.39 is 10.8 Å². The summed E-state index contributed by atoms with van der Waals surface area (Å²) >= 11 is 0. The van der Waals surface area contributed by atoms with Gasteiger partial charge in [-0.2, -0.15) is 5.26 Å². The molecule has 0 bridgehead atoms. The Morgan fingerprint density at radius 3 is 2.47 bits per heavy atom. The molecule has 4 heteroatoms. The fourth-order valence-electron chi connectivity index (χ4n) is 1.77. The lowest BCUT2D eigenvalue weighted by molar-refractivity contribution is 0.446. The normalized spacial score (nSPS) is 14.7. The quantitative estimate of drug-likeness (QED) is 0.791. The number of benzene rings is 1. The van der Waals surface area contributed by atoms with Gasteiger partial charge in [0.05, 0.1) is 16.7 Å². The molecule has 0 saturated carbocycles. The second kappa shape index (κ2) is 6.81. The Labute approximate surface area is 117 Å². The largest absolute Gasteiger partial charge is 0.259 e. The summed E-state index contributed by atoms with van der Waals surface area (Å²) in [7, 11) is -0.991. The van der Waals surface area contributed by atoms with E-state index in [0.717, 1.165) is 18.4 Å². The van der Waals surface area contributed by atoms with E-state index in [1.165, 1.54) is 12.1 Å². The number of nitriles is 1. The average Bonchev–Trinajstić information content (AvgIpc) is 2.38. The molecule has 1 aromatic carbocycles. The van der Waals surface area contributed by atoms with Crippen LogP contribution in [0.3, 0.4) is 0 Å². The van der Waals surface area contributed by atoms with Crippen LogP contribution < -0.4 is 0 Å². The van der Waals surface area contributed by atoms with Crippen molar-refractivity contribution in [1.29, 1.82) is 5.26 Å². The van der Waals surface area contributed by atoms with E-state index in [9.17, 15) is 8.60 Å². The van der Waals surface area contributed by atoms with Crippen molar-refractivity contribution in [3.05, 3.63) is 35.6 Å². The minimum Gasteiger partial charge on any atom is -0.259 e. The zero-order valence-corrected chi connectivity index (χ0v) is 12.5. The SMILES string of the molecule is C[C@@H](c1ccc(F)cc1)[S@](=O)CCCC(C)(C)C#N. The van der Waals surface area contributed by atoms with Gasteiger partial charge in [-0.05, 0) is 51.3 Å². The molecule has 0 unspecified atom stereocenters. The monoisotopic (exact) mass is 281 g/mol. The fourth-order valence-corrected chi connectivity index (χ4v) is 3.02. The van der Waals surface area contributed by atoms with Crippen molar-refractivity contribution in [1.82, 2.24) is 0 Å². The van der Waals surface area contributed by atoms with Gasteiger partial charge in [-0.25, -0.2) is 4.39 Å². The molecule has 0 amide bonds. The molecule has 0 spiro atoms. The molecule has 0 aromatic heterocycles. The standard InChI is InChI=1S/C15H20FNOS/c1-12(13-5-7-14(16)8-6-13)19(18)10-4-9-15(2,3)11-17/h5-8,12H,4,9-10H2,1-3H3/t12-,19+/m0/s1. The predicted octanol–water partition coefficient (Wildman–Crippen LogP) is 3.97. The molecule has 0 heterocycles. The molecule has 1 aromatic rings. The molecule has 0 radical (unpaired) electrons. The maximum Gasteiger partial charge on any atom is 0.123 e. The van der Waals surface area contributed by atoms with E-state index in [4.69, 9.17) is 5.26 Å². The van der Waals surface area contributed by atoms with Crippen molar-refractivity contribution in [2.75, 3.05) is 5.75 Å². The second-order valence-corrected chi connectivity index (χ2v) is 7.25. The van der Waals surface area contributed by atoms with Crippen molar-refractivity contribution < 1.29 is 8.60 Å². The zero-order chi connectivity index (χ0) is 14.5. The Morgan fingerprint density at radius 1 is 1.37 bits per heavy atom. The van der Waals surface area contributed by atoms with Crippen molar-refractivity contribution >= 4 is 10.8 Å². The summed E-state index contributed by atoms with van der Waals surface area (Å²) in [5, 5.41) is 8.81. The van der Waals surface area contributed by atoms with Crippen LogP contribution in [0.1, 0.15) is 44.4 Å². The van der Waals surface area contributed by atoms with Gasteiger partial charge < -0.3 is 0 Å². The summed E-state index contributed by atoms with van der Waals surface area (Å²) in [6.45, 7) is 5.66. The third-order valence-electron chi connectivity index (χ3n) is 3.18. The van der Waals surface area contributed by atoms with Crippen LogP contribution in [-0.2, 0) is 10.8 Å². The molecule has 19 heavy (non-hydrogen) atoms. The molecule has 0 N–H and O–H groups in total. The molecule has 0 fully saturated rings. The number of halogens is 1. The molecular formula is C15H20FNOS. The van der Waals surface area contributed by atoms with E-state index in [2.05, 4.69) is 6.07 Å². The summed E-state index contributed by atoms with van der Waals surface area (Å²) in [6.07, 6.45) is 1.50. The van der Waals surface area contributed by atoms with E-state index in [1.807, 2.05) is 20.8 Å². The van der Waals surface area contributed by atoms with Gasteiger partial charge in [0.25, 0.3) is 0 Å². The number of rotatable bonds is 6. The topological polar surface area (TPSA) is 40.9 Å². The van der Waals surface area contributed by atoms with Crippen LogP contribution in [-0.4, -0.2) is 9.96 Å². The van der Waals surface area contributed by atoms with Crippen molar-refractivity contribution in [3.63, 3.8) is 0 Å². The third-order valence-corrected chi connectivity index (χ3v) is 4.94. The highest BCUT2D eigenvalue weighted by Crippen LogP contribution is 2.24. The maximum atomic E-state index is 12.8. The van der Waals surface area contributed by atoms with Crippen molar-refractivity contribution in [2.45, 2.75) is 38.9 Å². The molecular weight excluding hydrogens is 261 g/mol. The van der Waals surface area contributed by atoms with E-state index in [0.29, 0.717) is 5.75 Å². The van der Waals surface area contributed by atoms with Gasteiger partial charge in [-0.15, -0.1) is 0 Å². The number of hydrogen-bond acceptors (Lipinski definition) is 2. The highest BCUT2D eigenvalue weighted by Gasteiger charge is 2.18. The highest BCUT2D eigenvalue weighted by molar-refractivity contribution is 7.85. The smallest absolute Gasteiger partial charge is 0.123 e. The minimum atomic E-state index is -0.991. The van der Waals surface area contributed by atoms with Gasteiger partial charge in [0.1, 0.15) is 5.82 Å². The summed E-state index contributed by atoms with van der Waals surface area (Å²) in [5.74, 6) is 0.293. The Morgan fingerprint density at radius 2 is 1.95 bits per heavy atom. The average molecular weight is 281 g/mol. The van der Waals surface area contributed by atoms with E-state index >= 15 is 0 Å². The molecule has 2 nitrogen and oxygen atoms in total. The van der Waals surface area contributed by atoms with Gasteiger partial charge >= 0.3 is 0 Å². The summed E-state index contributed by atoms with van der Waals surface area (Å²) in [4.78, 5) is 0. The zero-order valence-electron chi connectivity index (χ0n) is 11.6. The number of hydrogen-bond donors (Lipinski definition) is 0. The first-order chi connectivity index (χ1) is 8.85. The first-order valence-corrected chi connectivity index (χ1v) is 7.78. The summed E-state index contributed by atoms with van der Waals surface area (Å²) in [6, 6.07) is 8.38. The van der Waals surface area contributed by atoms with Gasteiger partial charge in [0.15, 0.2) is 0 Å². The van der Waals surface area contributed by atoms with Crippen LogP contribution in [0.15, 0.2) is 24.3 Å². The molecule has 2 atom stereocenters. The van der Waals surface area contributed by atoms with Gasteiger partial charge in [-0.3, -0.25) is 4.21 Å². The lowest BCUT2D eigenvalue weighted by Gasteiger charge is -2.16. The van der Waals surface area contributed by atoms with Crippen LogP contribution >= 0.6 is 0 Å². The molecule has 104 valence electrons. The van der Waals surface area contributed by atoms with E-state index in [-0.39, 0.29) is 16.5 Å². The molecule has 0 aliphatic carbocycles. The first kappa shape index (κ1) is 15.8. The van der Waals surface area contributed by atoms with Crippen molar-refractivity contribution in [2.24, 2.45) is 5.41 Å². The van der Waals surface area contributed by atoms with Crippen LogP contribution in [0, 0.1) is 22.6 Å². The molecule has 1 rings (SSSR count). The maximum absolute atomic E-state index is 12.8. The van der Waals surface area contributed by atoms with Gasteiger partial charge in [0.2, 0.25) is 0 Å². The summed E-state index contributed by atoms with van der Waals surface area (Å²) < 4.78 is 25.0. The lowest BCUT2D eigenvalue weighted by Crippen LogP contribution is -2.12. The van der Waals surface area contributed by atoms with Crippen LogP contribution in [0.25, 0.3) is 0 Å². The first-order valence-electron chi connectivity index (χ1n) is 6.39. The Kier molecular flexibility index (Phi) is 5.68. The van der Waals surface area contributed by atoms with E-state index in [1.54, 1.807) is 12.1 Å². The Bertz CT molecular complexity index is 476. The van der Waals surface area contributed by atoms with Crippen LogP contribution in [0.2, 0.25) is 0 Å². The lowest BCUT2D eigenvalue weighted by atomic mass is 9.90. The number of nitrogens with zero attached hydrogens (tertiary/aromatic N) is 1. The summed E-state index contributed by atoms with van der Waals surface area (Å²) in [5.41, 5.74) is 0.530. The Hall–Kier alpha value is -1.21. The van der Waals surface area contributed by atoms with Gasteiger partial charge in [0, 0.05) is 16.6 Å². The minimum absolute atomic E-state index is 0.106. The molecule has 0 saturated heterocycles. The fraction of sp³-hybridized carbons (Fsp3) is 0.533. The highest BCUT2D eigenvalue weighted by atomic mass is 32.2.